The molecule has 2 nitrogen and oxygen atoms in total. The van der Waals surface area contributed by atoms with Gasteiger partial charge in [0.2, 0.25) is 5.90 Å². The average Bonchev–Trinajstić information content (AvgIpc) is 2.14. The van der Waals surface area contributed by atoms with E-state index in [-0.39, 0.29) is 5.90 Å². The number of alkyl halides is 1. The first-order valence-electron chi connectivity index (χ1n) is 2.15. The fourth-order valence-corrected chi connectivity index (χ4v) is 0.460. The van der Waals surface area contributed by atoms with Crippen molar-refractivity contribution in [3.8, 4) is 0 Å². The number of aliphatic imine (C=N–C) groups is 1. The second-order valence-corrected chi connectivity index (χ2v) is 1.26. The summed E-state index contributed by atoms with van der Waals surface area (Å²) in [5, 5.41) is 0. The molecule has 0 fully saturated rings. The molecule has 1 heterocycles. The molecule has 1 rings (SSSR count). The summed E-state index contributed by atoms with van der Waals surface area (Å²) in [6.45, 7) is 0.624. The van der Waals surface area contributed by atoms with E-state index in [1.54, 1.807) is 0 Å². The van der Waals surface area contributed by atoms with Crippen LogP contribution in [-0.2, 0) is 4.74 Å². The first-order chi connectivity index (χ1) is 3.43. The molecule has 1 aliphatic heterocycles. The van der Waals surface area contributed by atoms with E-state index >= 15 is 0 Å². The lowest BCUT2D eigenvalue weighted by Gasteiger charge is -1.89. The smallest absolute Gasteiger partial charge is 0.215 e. The number of nitrogens with zero attached hydrogens (tertiary/aromatic N) is 1. The van der Waals surface area contributed by atoms with Crippen molar-refractivity contribution in [2.75, 3.05) is 19.8 Å². The number of rotatable bonds is 1. The van der Waals surface area contributed by atoms with Crippen molar-refractivity contribution in [1.29, 1.82) is 0 Å². The van der Waals surface area contributed by atoms with E-state index in [1.807, 2.05) is 0 Å². The Hall–Kier alpha value is -0.600. The van der Waals surface area contributed by atoms with Crippen LogP contribution in [0.25, 0.3) is 0 Å². The summed E-state index contributed by atoms with van der Waals surface area (Å²) in [5.74, 6) is 0.250. The van der Waals surface area contributed by atoms with Gasteiger partial charge >= 0.3 is 0 Å². The summed E-state index contributed by atoms with van der Waals surface area (Å²) in [4.78, 5) is 3.67. The Kier molecular flexibility index (Phi) is 1.24. The van der Waals surface area contributed by atoms with E-state index in [0.29, 0.717) is 13.2 Å². The van der Waals surface area contributed by atoms with Crippen LogP contribution < -0.4 is 0 Å². The van der Waals surface area contributed by atoms with Gasteiger partial charge in [0.1, 0.15) is 6.61 Å². The van der Waals surface area contributed by atoms with Gasteiger partial charge in [-0.3, -0.25) is 0 Å². The van der Waals surface area contributed by atoms with Gasteiger partial charge in [-0.15, -0.1) is 0 Å². The van der Waals surface area contributed by atoms with Gasteiger partial charge in [0.25, 0.3) is 0 Å². The highest BCUT2D eigenvalue weighted by Crippen LogP contribution is 1.92. The third-order valence-electron chi connectivity index (χ3n) is 0.762. The molecular weight excluding hydrogens is 97.0 g/mol. The lowest BCUT2D eigenvalue weighted by molar-refractivity contribution is 0.326. The number of halogens is 1. The topological polar surface area (TPSA) is 21.6 Å². The van der Waals surface area contributed by atoms with Crippen LogP contribution in [0.2, 0.25) is 0 Å². The molecule has 0 unspecified atom stereocenters. The van der Waals surface area contributed by atoms with Crippen LogP contribution in [-0.4, -0.2) is 25.7 Å². The summed E-state index contributed by atoms with van der Waals surface area (Å²) in [5.41, 5.74) is 0. The van der Waals surface area contributed by atoms with Gasteiger partial charge in [0.05, 0.1) is 6.54 Å². The highest BCUT2D eigenvalue weighted by atomic mass is 19.1. The zero-order valence-corrected chi connectivity index (χ0v) is 3.85. The number of ether oxygens (including phenoxy) is 1. The molecule has 0 aromatic rings. The summed E-state index contributed by atoms with van der Waals surface area (Å²) in [6, 6.07) is 0. The number of hydrogen-bond donors (Lipinski definition) is 0. The third kappa shape index (κ3) is 0.885. The molecule has 0 spiro atoms. The molecule has 0 radical (unpaired) electrons. The van der Waals surface area contributed by atoms with Gasteiger partial charge in [-0.2, -0.15) is 0 Å². The lowest BCUT2D eigenvalue weighted by atomic mass is 10.7. The van der Waals surface area contributed by atoms with E-state index in [0.717, 1.165) is 0 Å². The Morgan fingerprint density at radius 2 is 2.71 bits per heavy atom. The van der Waals surface area contributed by atoms with Gasteiger partial charge in [-0.05, 0) is 0 Å². The van der Waals surface area contributed by atoms with Crippen molar-refractivity contribution >= 4 is 5.90 Å². The molecule has 0 aromatic heterocycles. The van der Waals surface area contributed by atoms with Crippen LogP contribution in [0, 0.1) is 0 Å². The summed E-state index contributed by atoms with van der Waals surface area (Å²) >= 11 is 0. The first-order valence-corrected chi connectivity index (χ1v) is 2.15. The van der Waals surface area contributed by atoms with Crippen LogP contribution in [0.3, 0.4) is 0 Å². The van der Waals surface area contributed by atoms with E-state index < -0.39 is 6.67 Å². The molecule has 0 bridgehead atoms. The molecule has 0 saturated heterocycles. The predicted molar refractivity (Wildman–Crippen MR) is 24.2 cm³/mol. The Bertz CT molecular complexity index is 91.7. The SMILES string of the molecule is FCC1=NCCO1. The van der Waals surface area contributed by atoms with E-state index in [9.17, 15) is 4.39 Å². The normalized spacial score (nSPS) is 18.7. The Morgan fingerprint density at radius 1 is 1.86 bits per heavy atom. The quantitative estimate of drug-likeness (QED) is 0.470. The fraction of sp³-hybridized carbons (Fsp3) is 0.750. The summed E-state index contributed by atoms with van der Waals surface area (Å²) < 4.78 is 16.1. The molecule has 0 atom stereocenters. The van der Waals surface area contributed by atoms with E-state index in [1.165, 1.54) is 0 Å². The van der Waals surface area contributed by atoms with Crippen LogP contribution >= 0.6 is 0 Å². The van der Waals surface area contributed by atoms with E-state index in [2.05, 4.69) is 9.73 Å². The highest BCUT2D eigenvalue weighted by Gasteiger charge is 2.03. The lowest BCUT2D eigenvalue weighted by Crippen LogP contribution is -1.99. The van der Waals surface area contributed by atoms with Gasteiger partial charge in [-0.25, -0.2) is 9.38 Å². The molecule has 1 aliphatic rings. The van der Waals surface area contributed by atoms with Crippen molar-refractivity contribution in [2.45, 2.75) is 0 Å². The van der Waals surface area contributed by atoms with Crippen molar-refractivity contribution < 1.29 is 9.13 Å². The van der Waals surface area contributed by atoms with Gasteiger partial charge in [-0.1, -0.05) is 0 Å². The van der Waals surface area contributed by atoms with Crippen molar-refractivity contribution in [1.82, 2.24) is 0 Å². The Labute approximate surface area is 41.0 Å². The molecule has 0 saturated carbocycles. The Morgan fingerprint density at radius 3 is 3.00 bits per heavy atom. The zero-order chi connectivity index (χ0) is 5.11. The minimum atomic E-state index is -0.556. The molecule has 3 heteroatoms. The van der Waals surface area contributed by atoms with Crippen LogP contribution in [0.5, 0.6) is 0 Å². The average molecular weight is 103 g/mol. The fourth-order valence-electron chi connectivity index (χ4n) is 0.460. The maximum Gasteiger partial charge on any atom is 0.215 e. The largest absolute Gasteiger partial charge is 0.477 e. The van der Waals surface area contributed by atoms with Gasteiger partial charge in [0.15, 0.2) is 6.67 Å². The monoisotopic (exact) mass is 103 g/mol. The maximum atomic E-state index is 11.4. The molecule has 0 N–H and O–H groups in total. The second kappa shape index (κ2) is 1.91. The van der Waals surface area contributed by atoms with Crippen LogP contribution in [0.1, 0.15) is 0 Å². The first kappa shape index (κ1) is 4.56. The predicted octanol–water partition coefficient (Wildman–Crippen LogP) is 0.385. The minimum Gasteiger partial charge on any atom is -0.477 e. The van der Waals surface area contributed by atoms with Crippen molar-refractivity contribution in [3.63, 3.8) is 0 Å². The van der Waals surface area contributed by atoms with Gasteiger partial charge < -0.3 is 4.74 Å². The highest BCUT2D eigenvalue weighted by molar-refractivity contribution is 5.78. The molecule has 0 amide bonds. The number of hydrogen-bond acceptors (Lipinski definition) is 2. The molecule has 0 aliphatic carbocycles. The van der Waals surface area contributed by atoms with Crippen molar-refractivity contribution in [3.05, 3.63) is 0 Å². The maximum absolute atomic E-state index is 11.4. The zero-order valence-electron chi connectivity index (χ0n) is 3.85. The third-order valence-corrected chi connectivity index (χ3v) is 0.762. The van der Waals surface area contributed by atoms with Crippen molar-refractivity contribution in [2.24, 2.45) is 4.99 Å². The van der Waals surface area contributed by atoms with Gasteiger partial charge in [0, 0.05) is 0 Å². The summed E-state index contributed by atoms with van der Waals surface area (Å²) in [7, 11) is 0. The molecule has 7 heavy (non-hydrogen) atoms. The van der Waals surface area contributed by atoms with Crippen LogP contribution in [0.15, 0.2) is 4.99 Å². The molecule has 0 aromatic carbocycles. The minimum absolute atomic E-state index is 0.250. The standard InChI is InChI=1S/C4H6FNO/c5-3-4-6-1-2-7-4/h1-3H2. The summed E-state index contributed by atoms with van der Waals surface area (Å²) in [6.07, 6.45) is 0. The molecule has 40 valence electrons. The van der Waals surface area contributed by atoms with Crippen LogP contribution in [0.4, 0.5) is 4.39 Å². The second-order valence-electron chi connectivity index (χ2n) is 1.26. The Balaban J connectivity index is 2.36. The van der Waals surface area contributed by atoms with E-state index in [4.69, 9.17) is 0 Å². The molecular formula is C4H6FNO.